The highest BCUT2D eigenvalue weighted by atomic mass is 32.2. The second kappa shape index (κ2) is 8.96. The maximum Gasteiger partial charge on any atom is 0.234 e. The Hall–Kier alpha value is -1.93. The Balaban J connectivity index is 1.84. The lowest BCUT2D eigenvalue weighted by molar-refractivity contribution is -0.117. The predicted molar refractivity (Wildman–Crippen MR) is 103 cm³/mol. The van der Waals surface area contributed by atoms with E-state index in [0.29, 0.717) is 15.9 Å². The van der Waals surface area contributed by atoms with Crippen molar-refractivity contribution in [3.05, 3.63) is 29.3 Å². The number of nitrogens with zero attached hydrogens (tertiary/aromatic N) is 2. The summed E-state index contributed by atoms with van der Waals surface area (Å²) in [4.78, 5) is 23.8. The molecule has 2 aromatic rings. The van der Waals surface area contributed by atoms with E-state index in [2.05, 4.69) is 20.8 Å². The largest absolute Gasteiger partial charge is 0.325 e. The summed E-state index contributed by atoms with van der Waals surface area (Å²) in [5.41, 5.74) is 3.02. The third kappa shape index (κ3) is 6.13. The van der Waals surface area contributed by atoms with Gasteiger partial charge in [-0.15, -0.1) is 10.2 Å². The van der Waals surface area contributed by atoms with Crippen LogP contribution in [-0.4, -0.2) is 27.8 Å². The standard InChI is InChI=1S/C17H22N4O2S2/c1-10(2)8-14(22)19-16-20-21-17(25-16)24-9-15(23)18-13-7-5-6-11(3)12(13)4/h5-7,10H,8-9H2,1-4H3,(H,18,23)(H,19,20,22). The van der Waals surface area contributed by atoms with Crippen molar-refractivity contribution in [3.63, 3.8) is 0 Å². The van der Waals surface area contributed by atoms with Crippen LogP contribution in [0.15, 0.2) is 22.5 Å². The molecule has 0 aliphatic heterocycles. The number of anilines is 2. The van der Waals surface area contributed by atoms with Crippen LogP contribution in [0.5, 0.6) is 0 Å². The van der Waals surface area contributed by atoms with E-state index in [1.165, 1.54) is 23.1 Å². The number of amides is 2. The van der Waals surface area contributed by atoms with Gasteiger partial charge in [-0.2, -0.15) is 0 Å². The SMILES string of the molecule is Cc1cccc(NC(=O)CSc2nnc(NC(=O)CC(C)C)s2)c1C. The molecule has 25 heavy (non-hydrogen) atoms. The molecule has 8 heteroatoms. The van der Waals surface area contributed by atoms with Crippen LogP contribution in [0.25, 0.3) is 0 Å². The molecule has 0 radical (unpaired) electrons. The van der Waals surface area contributed by atoms with Crippen LogP contribution < -0.4 is 10.6 Å². The molecule has 0 unspecified atom stereocenters. The van der Waals surface area contributed by atoms with Crippen molar-refractivity contribution in [3.8, 4) is 0 Å². The van der Waals surface area contributed by atoms with E-state index < -0.39 is 0 Å². The lowest BCUT2D eigenvalue weighted by Gasteiger charge is -2.09. The number of aryl methyl sites for hydroxylation is 1. The maximum atomic E-state index is 12.1. The maximum absolute atomic E-state index is 12.1. The summed E-state index contributed by atoms with van der Waals surface area (Å²) in [6, 6.07) is 5.82. The topological polar surface area (TPSA) is 84.0 Å². The second-order valence-corrected chi connectivity index (χ2v) is 8.30. The van der Waals surface area contributed by atoms with Crippen LogP contribution in [0.1, 0.15) is 31.4 Å². The minimum absolute atomic E-state index is 0.0737. The first-order valence-corrected chi connectivity index (χ1v) is 9.77. The van der Waals surface area contributed by atoms with Crippen LogP contribution in [0.4, 0.5) is 10.8 Å². The first-order chi connectivity index (χ1) is 11.8. The third-order valence-electron chi connectivity index (χ3n) is 3.45. The molecule has 134 valence electrons. The van der Waals surface area contributed by atoms with E-state index in [-0.39, 0.29) is 23.5 Å². The Morgan fingerprint density at radius 2 is 1.92 bits per heavy atom. The van der Waals surface area contributed by atoms with Gasteiger partial charge in [0.15, 0.2) is 4.34 Å². The highest BCUT2D eigenvalue weighted by Gasteiger charge is 2.12. The summed E-state index contributed by atoms with van der Waals surface area (Å²) in [6.07, 6.45) is 0.445. The van der Waals surface area contributed by atoms with Gasteiger partial charge in [0.25, 0.3) is 0 Å². The quantitative estimate of drug-likeness (QED) is 0.564. The zero-order chi connectivity index (χ0) is 18.4. The van der Waals surface area contributed by atoms with E-state index in [4.69, 9.17) is 0 Å². The predicted octanol–water partition coefficient (Wildman–Crippen LogP) is 3.87. The Labute approximate surface area is 155 Å². The second-order valence-electron chi connectivity index (χ2n) is 6.10. The number of hydrogen-bond donors (Lipinski definition) is 2. The first kappa shape index (κ1) is 19.4. The number of aromatic nitrogens is 2. The normalized spacial score (nSPS) is 10.8. The highest BCUT2D eigenvalue weighted by Crippen LogP contribution is 2.26. The van der Waals surface area contributed by atoms with E-state index in [0.717, 1.165) is 16.8 Å². The van der Waals surface area contributed by atoms with Crippen molar-refractivity contribution < 1.29 is 9.59 Å². The molecule has 0 bridgehead atoms. The fraction of sp³-hybridized carbons (Fsp3) is 0.412. The van der Waals surface area contributed by atoms with Crippen molar-refractivity contribution in [2.24, 2.45) is 5.92 Å². The molecule has 1 heterocycles. The van der Waals surface area contributed by atoms with Gasteiger partial charge in [0.2, 0.25) is 16.9 Å². The number of benzene rings is 1. The van der Waals surface area contributed by atoms with E-state index in [1.54, 1.807) is 0 Å². The van der Waals surface area contributed by atoms with Gasteiger partial charge >= 0.3 is 0 Å². The number of nitrogens with one attached hydrogen (secondary N) is 2. The molecular weight excluding hydrogens is 356 g/mol. The lowest BCUT2D eigenvalue weighted by Crippen LogP contribution is -2.15. The molecule has 1 aromatic heterocycles. The number of carbonyl (C=O) groups excluding carboxylic acids is 2. The van der Waals surface area contributed by atoms with Crippen LogP contribution in [-0.2, 0) is 9.59 Å². The summed E-state index contributed by atoms with van der Waals surface area (Å²) < 4.78 is 0.649. The Bertz CT molecular complexity index is 759. The van der Waals surface area contributed by atoms with Gasteiger partial charge < -0.3 is 10.6 Å². The fourth-order valence-corrected chi connectivity index (χ4v) is 3.63. The molecule has 0 spiro atoms. The highest BCUT2D eigenvalue weighted by molar-refractivity contribution is 8.01. The molecule has 1 aromatic carbocycles. The van der Waals surface area contributed by atoms with Crippen LogP contribution in [0.2, 0.25) is 0 Å². The third-order valence-corrected chi connectivity index (χ3v) is 5.42. The van der Waals surface area contributed by atoms with Crippen LogP contribution in [0, 0.1) is 19.8 Å². The zero-order valence-corrected chi connectivity index (χ0v) is 16.4. The van der Waals surface area contributed by atoms with E-state index in [1.807, 2.05) is 45.9 Å². The average Bonchev–Trinajstić information content (AvgIpc) is 2.96. The molecule has 0 fully saturated rings. The monoisotopic (exact) mass is 378 g/mol. The number of hydrogen-bond acceptors (Lipinski definition) is 6. The molecule has 2 amide bonds. The number of thioether (sulfide) groups is 1. The summed E-state index contributed by atoms with van der Waals surface area (Å²) in [6.45, 7) is 7.95. The van der Waals surface area contributed by atoms with Crippen LogP contribution in [0.3, 0.4) is 0 Å². The van der Waals surface area contributed by atoms with Gasteiger partial charge in [-0.25, -0.2) is 0 Å². The van der Waals surface area contributed by atoms with E-state index >= 15 is 0 Å². The summed E-state index contributed by atoms with van der Waals surface area (Å²) >= 11 is 2.57. The Morgan fingerprint density at radius 1 is 1.16 bits per heavy atom. The smallest absolute Gasteiger partial charge is 0.234 e. The van der Waals surface area contributed by atoms with Gasteiger partial charge in [-0.05, 0) is 37.0 Å². The number of carbonyl (C=O) groups is 2. The van der Waals surface area contributed by atoms with Gasteiger partial charge in [-0.3, -0.25) is 9.59 Å². The minimum Gasteiger partial charge on any atom is -0.325 e. The molecule has 0 saturated heterocycles. The van der Waals surface area contributed by atoms with Crippen molar-refractivity contribution in [2.75, 3.05) is 16.4 Å². The minimum atomic E-state index is -0.0979. The molecule has 0 atom stereocenters. The van der Waals surface area contributed by atoms with Crippen molar-refractivity contribution in [1.29, 1.82) is 0 Å². The van der Waals surface area contributed by atoms with Gasteiger partial charge in [0, 0.05) is 12.1 Å². The molecule has 6 nitrogen and oxygen atoms in total. The first-order valence-electron chi connectivity index (χ1n) is 7.97. The molecule has 2 rings (SSSR count). The summed E-state index contributed by atoms with van der Waals surface area (Å²) in [7, 11) is 0. The van der Waals surface area contributed by atoms with Crippen molar-refractivity contribution >= 4 is 45.7 Å². The molecular formula is C17H22N4O2S2. The van der Waals surface area contributed by atoms with Gasteiger partial charge in [0.05, 0.1) is 5.75 Å². The Kier molecular flexibility index (Phi) is 6.95. The van der Waals surface area contributed by atoms with Crippen LogP contribution >= 0.6 is 23.1 Å². The lowest BCUT2D eigenvalue weighted by atomic mass is 10.1. The zero-order valence-electron chi connectivity index (χ0n) is 14.8. The Morgan fingerprint density at radius 3 is 2.64 bits per heavy atom. The molecule has 0 saturated carbocycles. The van der Waals surface area contributed by atoms with Crippen molar-refractivity contribution in [1.82, 2.24) is 10.2 Å². The summed E-state index contributed by atoms with van der Waals surface area (Å²) in [5.74, 6) is 0.354. The molecule has 0 aliphatic carbocycles. The number of rotatable bonds is 7. The van der Waals surface area contributed by atoms with E-state index in [9.17, 15) is 9.59 Å². The van der Waals surface area contributed by atoms with Crippen molar-refractivity contribution in [2.45, 2.75) is 38.5 Å². The molecule has 0 aliphatic rings. The average molecular weight is 379 g/mol. The molecule has 2 N–H and O–H groups in total. The summed E-state index contributed by atoms with van der Waals surface area (Å²) in [5, 5.41) is 14.0. The fourth-order valence-electron chi connectivity index (χ4n) is 2.06. The van der Waals surface area contributed by atoms with Gasteiger partial charge in [0.1, 0.15) is 0 Å². The van der Waals surface area contributed by atoms with Gasteiger partial charge in [-0.1, -0.05) is 49.1 Å².